The summed E-state index contributed by atoms with van der Waals surface area (Å²) in [5.41, 5.74) is 8.20. The maximum absolute atomic E-state index is 12.1. The number of hydrogen-bond acceptors (Lipinski definition) is 4. The summed E-state index contributed by atoms with van der Waals surface area (Å²) in [7, 11) is 3.58. The number of likely N-dealkylation sites (N-methyl/N-ethyl adjacent to an activating group) is 1. The first-order valence-corrected chi connectivity index (χ1v) is 8.43. The van der Waals surface area contributed by atoms with Gasteiger partial charge in [-0.25, -0.2) is 0 Å². The summed E-state index contributed by atoms with van der Waals surface area (Å²) >= 11 is 1.80. The molecule has 0 saturated carbocycles. The zero-order chi connectivity index (χ0) is 15.8. The van der Waals surface area contributed by atoms with Gasteiger partial charge in [-0.15, -0.1) is 11.8 Å². The highest BCUT2D eigenvalue weighted by atomic mass is 32.2. The van der Waals surface area contributed by atoms with Gasteiger partial charge < -0.3 is 15.5 Å². The van der Waals surface area contributed by atoms with Gasteiger partial charge in [0.05, 0.1) is 6.54 Å². The van der Waals surface area contributed by atoms with Crippen molar-refractivity contribution < 1.29 is 4.79 Å². The molecule has 0 atom stereocenters. The van der Waals surface area contributed by atoms with Crippen LogP contribution in [-0.2, 0) is 11.3 Å². The molecule has 5 heteroatoms. The summed E-state index contributed by atoms with van der Waals surface area (Å²) in [4.78, 5) is 17.1. The Labute approximate surface area is 132 Å². The van der Waals surface area contributed by atoms with Crippen LogP contribution in [0.1, 0.15) is 25.8 Å². The molecule has 2 N–H and O–H groups in total. The van der Waals surface area contributed by atoms with Crippen LogP contribution in [0.3, 0.4) is 0 Å². The van der Waals surface area contributed by atoms with Gasteiger partial charge in [-0.3, -0.25) is 4.79 Å². The minimum absolute atomic E-state index is 0.111. The van der Waals surface area contributed by atoms with Crippen LogP contribution in [0.15, 0.2) is 23.1 Å². The summed E-state index contributed by atoms with van der Waals surface area (Å²) in [6, 6.07) is 6.23. The van der Waals surface area contributed by atoms with Gasteiger partial charge in [0.1, 0.15) is 0 Å². The normalized spacial score (nSPS) is 10.5. The van der Waals surface area contributed by atoms with Gasteiger partial charge in [0, 0.05) is 43.3 Å². The van der Waals surface area contributed by atoms with Crippen LogP contribution in [0.4, 0.5) is 5.69 Å². The number of carbonyl (C=O) groups excluding carboxylic acids is 1. The Balaban J connectivity index is 3.12. The predicted octanol–water partition coefficient (Wildman–Crippen LogP) is 2.56. The molecule has 0 spiro atoms. The van der Waals surface area contributed by atoms with Crippen molar-refractivity contribution in [1.82, 2.24) is 4.90 Å². The number of anilines is 1. The molecule has 1 aromatic rings. The third-order valence-corrected chi connectivity index (χ3v) is 4.25. The number of carbonyl (C=O) groups is 1. The molecule has 1 rings (SSSR count). The molecule has 0 heterocycles. The number of benzene rings is 1. The van der Waals surface area contributed by atoms with Crippen molar-refractivity contribution in [3.05, 3.63) is 23.8 Å². The Kier molecular flexibility index (Phi) is 7.61. The zero-order valence-electron chi connectivity index (χ0n) is 13.6. The van der Waals surface area contributed by atoms with Gasteiger partial charge in [-0.2, -0.15) is 0 Å². The van der Waals surface area contributed by atoms with Crippen molar-refractivity contribution in [1.29, 1.82) is 0 Å². The first-order chi connectivity index (χ1) is 10.0. The Morgan fingerprint density at radius 3 is 2.52 bits per heavy atom. The van der Waals surface area contributed by atoms with Gasteiger partial charge in [-0.05, 0) is 24.3 Å². The van der Waals surface area contributed by atoms with Crippen molar-refractivity contribution in [3.63, 3.8) is 0 Å². The molecular formula is C16H27N3OS. The van der Waals surface area contributed by atoms with E-state index in [1.807, 2.05) is 0 Å². The van der Waals surface area contributed by atoms with E-state index >= 15 is 0 Å². The molecule has 1 amide bonds. The van der Waals surface area contributed by atoms with E-state index in [9.17, 15) is 4.79 Å². The average molecular weight is 309 g/mol. The van der Waals surface area contributed by atoms with E-state index in [0.29, 0.717) is 13.1 Å². The molecule has 0 fully saturated rings. The molecule has 0 unspecified atom stereocenters. The smallest absolute Gasteiger partial charge is 0.241 e. The molecular weight excluding hydrogens is 282 g/mol. The summed E-state index contributed by atoms with van der Waals surface area (Å²) in [6.07, 6.45) is 0.996. The lowest BCUT2D eigenvalue weighted by Crippen LogP contribution is -2.37. The molecule has 0 aliphatic heterocycles. The van der Waals surface area contributed by atoms with Crippen LogP contribution in [-0.4, -0.2) is 43.7 Å². The van der Waals surface area contributed by atoms with Crippen molar-refractivity contribution in [2.24, 2.45) is 5.73 Å². The minimum atomic E-state index is 0.111. The Morgan fingerprint density at radius 1 is 1.29 bits per heavy atom. The second kappa shape index (κ2) is 8.95. The summed E-state index contributed by atoms with van der Waals surface area (Å²) in [5.74, 6) is 1.13. The SMILES string of the molecule is CCCN(CC(=O)N(C)C)c1cccc(SCC)c1CN. The maximum Gasteiger partial charge on any atom is 0.241 e. The fraction of sp³-hybridized carbons (Fsp3) is 0.562. The highest BCUT2D eigenvalue weighted by Gasteiger charge is 2.17. The molecule has 0 aliphatic carbocycles. The number of amides is 1. The average Bonchev–Trinajstić information content (AvgIpc) is 2.46. The van der Waals surface area contributed by atoms with Gasteiger partial charge in [0.2, 0.25) is 5.91 Å². The summed E-state index contributed by atoms with van der Waals surface area (Å²) in [5, 5.41) is 0. The third kappa shape index (κ3) is 4.93. The third-order valence-electron chi connectivity index (χ3n) is 3.27. The molecule has 0 aromatic heterocycles. The van der Waals surface area contributed by atoms with Crippen LogP contribution in [0.2, 0.25) is 0 Å². The van der Waals surface area contributed by atoms with Crippen molar-refractivity contribution in [2.75, 3.05) is 37.8 Å². The fourth-order valence-electron chi connectivity index (χ4n) is 2.21. The zero-order valence-corrected chi connectivity index (χ0v) is 14.4. The van der Waals surface area contributed by atoms with Gasteiger partial charge >= 0.3 is 0 Å². The van der Waals surface area contributed by atoms with Gasteiger partial charge in [-0.1, -0.05) is 19.9 Å². The molecule has 118 valence electrons. The number of rotatable bonds is 8. The lowest BCUT2D eigenvalue weighted by atomic mass is 10.1. The van der Waals surface area contributed by atoms with Crippen LogP contribution in [0, 0.1) is 0 Å². The number of thioether (sulfide) groups is 1. The Morgan fingerprint density at radius 2 is 2.00 bits per heavy atom. The predicted molar refractivity (Wildman–Crippen MR) is 91.9 cm³/mol. The fourth-order valence-corrected chi connectivity index (χ4v) is 3.05. The van der Waals surface area contributed by atoms with E-state index < -0.39 is 0 Å². The Bertz CT molecular complexity index is 463. The second-order valence-corrected chi connectivity index (χ2v) is 6.41. The topological polar surface area (TPSA) is 49.6 Å². The second-order valence-electron chi connectivity index (χ2n) is 5.10. The Hall–Kier alpha value is -1.20. The van der Waals surface area contributed by atoms with E-state index in [-0.39, 0.29) is 5.91 Å². The molecule has 1 aromatic carbocycles. The lowest BCUT2D eigenvalue weighted by Gasteiger charge is -2.28. The van der Waals surface area contributed by atoms with Crippen LogP contribution in [0.25, 0.3) is 0 Å². The van der Waals surface area contributed by atoms with Crippen LogP contribution < -0.4 is 10.6 Å². The largest absolute Gasteiger partial charge is 0.362 e. The van der Waals surface area contributed by atoms with Crippen molar-refractivity contribution in [3.8, 4) is 0 Å². The van der Waals surface area contributed by atoms with Gasteiger partial charge in [0.15, 0.2) is 0 Å². The standard InChI is InChI=1S/C16H27N3OS/c1-5-10-19(12-16(20)18(3)4)14-8-7-9-15(21-6-2)13(14)11-17/h7-9H,5-6,10-12,17H2,1-4H3. The van der Waals surface area contributed by atoms with E-state index in [1.165, 1.54) is 4.90 Å². The molecule has 0 aliphatic rings. The maximum atomic E-state index is 12.1. The van der Waals surface area contributed by atoms with Crippen LogP contribution in [0.5, 0.6) is 0 Å². The minimum Gasteiger partial charge on any atom is -0.362 e. The quantitative estimate of drug-likeness (QED) is 0.750. The van der Waals surface area contributed by atoms with Crippen LogP contribution >= 0.6 is 11.8 Å². The molecule has 21 heavy (non-hydrogen) atoms. The molecule has 0 radical (unpaired) electrons. The molecule has 4 nitrogen and oxygen atoms in total. The molecule has 0 bridgehead atoms. The first kappa shape index (κ1) is 17.9. The van der Waals surface area contributed by atoms with E-state index in [4.69, 9.17) is 5.73 Å². The highest BCUT2D eigenvalue weighted by molar-refractivity contribution is 7.99. The number of hydrogen-bond donors (Lipinski definition) is 1. The number of nitrogens with two attached hydrogens (primary N) is 1. The molecule has 0 saturated heterocycles. The lowest BCUT2D eigenvalue weighted by molar-refractivity contribution is -0.127. The van der Waals surface area contributed by atoms with E-state index in [2.05, 4.69) is 36.9 Å². The van der Waals surface area contributed by atoms with Crippen molar-refractivity contribution >= 4 is 23.4 Å². The first-order valence-electron chi connectivity index (χ1n) is 7.44. The van der Waals surface area contributed by atoms with E-state index in [0.717, 1.165) is 30.0 Å². The summed E-state index contributed by atoms with van der Waals surface area (Å²) < 4.78 is 0. The van der Waals surface area contributed by atoms with Crippen molar-refractivity contribution in [2.45, 2.75) is 31.7 Å². The summed E-state index contributed by atoms with van der Waals surface area (Å²) in [6.45, 7) is 6.01. The van der Waals surface area contributed by atoms with Gasteiger partial charge in [0.25, 0.3) is 0 Å². The monoisotopic (exact) mass is 309 g/mol. The van der Waals surface area contributed by atoms with E-state index in [1.54, 1.807) is 30.8 Å². The number of nitrogens with zero attached hydrogens (tertiary/aromatic N) is 2. The highest BCUT2D eigenvalue weighted by Crippen LogP contribution is 2.30.